The quantitative estimate of drug-likeness (QED) is 0.756. The topological polar surface area (TPSA) is 68.1 Å². The van der Waals surface area contributed by atoms with Crippen molar-refractivity contribution in [2.75, 3.05) is 6.54 Å². The Bertz CT molecular complexity index is 988. The van der Waals surface area contributed by atoms with Crippen LogP contribution in [0.4, 0.5) is 0 Å². The molecule has 1 spiro atoms. The van der Waals surface area contributed by atoms with Crippen LogP contribution in [-0.2, 0) is 20.5 Å². The predicted octanol–water partition coefficient (Wildman–Crippen LogP) is 3.63. The Hall–Kier alpha value is -2.05. The first-order chi connectivity index (χ1) is 14.9. The molecular formula is C24H33ClN4O2. The van der Waals surface area contributed by atoms with E-state index in [0.29, 0.717) is 11.6 Å². The smallest absolute Gasteiger partial charge is 0.270 e. The molecule has 31 heavy (non-hydrogen) atoms. The Morgan fingerprint density at radius 1 is 1.16 bits per heavy atom. The normalized spacial score (nSPS) is 23.5. The average molecular weight is 445 g/mol. The van der Waals surface area contributed by atoms with Crippen molar-refractivity contribution in [1.29, 1.82) is 0 Å². The number of nitrogens with one attached hydrogen (secondary N) is 2. The van der Waals surface area contributed by atoms with E-state index in [1.807, 2.05) is 12.1 Å². The SMILES string of the molecule is Cn1c(C(=O)NC2CC3(CCCCCC3)C(Cc3cccc(Cl)c3)CN2)cc(=O)n1C. The highest BCUT2D eigenvalue weighted by Gasteiger charge is 2.44. The van der Waals surface area contributed by atoms with Crippen molar-refractivity contribution in [2.24, 2.45) is 25.4 Å². The first-order valence-electron chi connectivity index (χ1n) is 11.4. The molecule has 2 aliphatic rings. The molecular weight excluding hydrogens is 412 g/mol. The number of halogens is 1. The number of aromatic nitrogens is 2. The van der Waals surface area contributed by atoms with Crippen molar-refractivity contribution in [1.82, 2.24) is 20.0 Å². The molecule has 2 N–H and O–H groups in total. The lowest BCUT2D eigenvalue weighted by Crippen LogP contribution is -2.57. The minimum atomic E-state index is -0.199. The van der Waals surface area contributed by atoms with Crippen LogP contribution in [0.5, 0.6) is 0 Å². The van der Waals surface area contributed by atoms with Gasteiger partial charge in [-0.3, -0.25) is 24.3 Å². The Balaban J connectivity index is 1.52. The summed E-state index contributed by atoms with van der Waals surface area (Å²) in [5, 5.41) is 7.52. The van der Waals surface area contributed by atoms with E-state index in [-0.39, 0.29) is 23.0 Å². The molecule has 7 heteroatoms. The van der Waals surface area contributed by atoms with Crippen LogP contribution < -0.4 is 16.2 Å². The van der Waals surface area contributed by atoms with E-state index in [1.165, 1.54) is 54.8 Å². The third-order valence-corrected chi connectivity index (χ3v) is 7.71. The van der Waals surface area contributed by atoms with Crippen molar-refractivity contribution in [3.63, 3.8) is 0 Å². The van der Waals surface area contributed by atoms with Gasteiger partial charge in [-0.25, -0.2) is 0 Å². The second kappa shape index (κ2) is 9.21. The van der Waals surface area contributed by atoms with Gasteiger partial charge in [0.05, 0.1) is 6.17 Å². The average Bonchev–Trinajstić information content (AvgIpc) is 2.89. The van der Waals surface area contributed by atoms with E-state index in [0.717, 1.165) is 24.4 Å². The third-order valence-electron chi connectivity index (χ3n) is 7.47. The van der Waals surface area contributed by atoms with E-state index in [1.54, 1.807) is 18.8 Å². The zero-order valence-corrected chi connectivity index (χ0v) is 19.3. The number of hydrogen-bond donors (Lipinski definition) is 2. The maximum absolute atomic E-state index is 12.9. The fraction of sp³-hybridized carbons (Fsp3) is 0.583. The summed E-state index contributed by atoms with van der Waals surface area (Å²) in [7, 11) is 3.40. The molecule has 2 unspecified atom stereocenters. The summed E-state index contributed by atoms with van der Waals surface area (Å²) < 4.78 is 3.04. The van der Waals surface area contributed by atoms with Crippen LogP contribution in [0.3, 0.4) is 0 Å². The van der Waals surface area contributed by atoms with Gasteiger partial charge in [0.2, 0.25) is 0 Å². The number of carbonyl (C=O) groups is 1. The van der Waals surface area contributed by atoms with Gasteiger partial charge >= 0.3 is 0 Å². The number of amides is 1. The molecule has 1 saturated heterocycles. The molecule has 1 aliphatic heterocycles. The monoisotopic (exact) mass is 444 g/mol. The summed E-state index contributed by atoms with van der Waals surface area (Å²) in [4.78, 5) is 24.8. The molecule has 0 bridgehead atoms. The molecule has 2 aromatic rings. The highest BCUT2D eigenvalue weighted by molar-refractivity contribution is 6.30. The lowest BCUT2D eigenvalue weighted by atomic mass is 9.63. The largest absolute Gasteiger partial charge is 0.335 e. The molecule has 1 amide bonds. The number of piperidine rings is 1. The van der Waals surface area contributed by atoms with Crippen LogP contribution in [0.25, 0.3) is 0 Å². The summed E-state index contributed by atoms with van der Waals surface area (Å²) in [5.74, 6) is 0.313. The van der Waals surface area contributed by atoms with Crippen LogP contribution >= 0.6 is 11.6 Å². The van der Waals surface area contributed by atoms with Gasteiger partial charge in [-0.05, 0) is 54.7 Å². The van der Waals surface area contributed by atoms with Crippen LogP contribution in [0.15, 0.2) is 35.1 Å². The summed E-state index contributed by atoms with van der Waals surface area (Å²) in [6.07, 6.45) is 9.33. The van der Waals surface area contributed by atoms with Crippen molar-refractivity contribution in [3.05, 3.63) is 57.0 Å². The number of hydrogen-bond acceptors (Lipinski definition) is 3. The molecule has 2 atom stereocenters. The molecule has 1 aliphatic carbocycles. The maximum Gasteiger partial charge on any atom is 0.270 e. The zero-order chi connectivity index (χ0) is 22.0. The summed E-state index contributed by atoms with van der Waals surface area (Å²) in [6, 6.07) is 9.60. The van der Waals surface area contributed by atoms with Crippen molar-refractivity contribution < 1.29 is 4.79 Å². The lowest BCUT2D eigenvalue weighted by Gasteiger charge is -2.48. The van der Waals surface area contributed by atoms with Gasteiger partial charge in [0, 0.05) is 31.7 Å². The third kappa shape index (κ3) is 4.75. The second-order valence-electron chi connectivity index (χ2n) is 9.36. The fourth-order valence-electron chi connectivity index (χ4n) is 5.59. The van der Waals surface area contributed by atoms with Gasteiger partial charge in [0.25, 0.3) is 11.5 Å². The summed E-state index contributed by atoms with van der Waals surface area (Å²) >= 11 is 6.24. The molecule has 0 radical (unpaired) electrons. The Morgan fingerprint density at radius 2 is 1.90 bits per heavy atom. The Morgan fingerprint density at radius 3 is 2.55 bits per heavy atom. The first kappa shape index (κ1) is 22.2. The molecule has 168 valence electrons. The van der Waals surface area contributed by atoms with Gasteiger partial charge in [-0.1, -0.05) is 49.4 Å². The number of rotatable bonds is 4. The van der Waals surface area contributed by atoms with Crippen molar-refractivity contribution in [2.45, 2.75) is 57.5 Å². The van der Waals surface area contributed by atoms with Gasteiger partial charge in [-0.2, -0.15) is 0 Å². The minimum absolute atomic E-state index is 0.0866. The van der Waals surface area contributed by atoms with Crippen LogP contribution in [0, 0.1) is 11.3 Å². The predicted molar refractivity (Wildman–Crippen MR) is 123 cm³/mol. The molecule has 4 rings (SSSR count). The highest BCUT2D eigenvalue weighted by atomic mass is 35.5. The van der Waals surface area contributed by atoms with E-state index in [4.69, 9.17) is 11.6 Å². The molecule has 2 heterocycles. The molecule has 2 fully saturated rings. The van der Waals surface area contributed by atoms with Crippen LogP contribution in [0.1, 0.15) is 61.0 Å². The van der Waals surface area contributed by atoms with E-state index in [9.17, 15) is 9.59 Å². The summed E-state index contributed by atoms with van der Waals surface area (Å²) in [5.41, 5.74) is 1.71. The number of carbonyl (C=O) groups excluding carboxylic acids is 1. The van der Waals surface area contributed by atoms with Gasteiger partial charge in [0.1, 0.15) is 5.69 Å². The number of benzene rings is 1. The van der Waals surface area contributed by atoms with Gasteiger partial charge in [0.15, 0.2) is 0 Å². The van der Waals surface area contributed by atoms with Crippen LogP contribution in [0.2, 0.25) is 5.02 Å². The molecule has 6 nitrogen and oxygen atoms in total. The Labute approximate surface area is 188 Å². The van der Waals surface area contributed by atoms with Crippen molar-refractivity contribution >= 4 is 17.5 Å². The van der Waals surface area contributed by atoms with E-state index < -0.39 is 0 Å². The zero-order valence-electron chi connectivity index (χ0n) is 18.5. The minimum Gasteiger partial charge on any atom is -0.335 e. The molecule has 1 aromatic heterocycles. The second-order valence-corrected chi connectivity index (χ2v) is 9.80. The standard InChI is InChI=1S/C24H33ClN4O2/c1-28-20(14-22(30)29(28)2)23(31)27-21-15-24(10-5-3-4-6-11-24)18(16-26-21)12-17-8-7-9-19(25)13-17/h7-9,13-14,18,21,26H,3-6,10-12,15-16H2,1-2H3,(H,27,31). The van der Waals surface area contributed by atoms with Crippen LogP contribution in [-0.4, -0.2) is 28.0 Å². The fourth-order valence-corrected chi connectivity index (χ4v) is 5.80. The molecule has 1 aromatic carbocycles. The highest BCUT2D eigenvalue weighted by Crippen LogP contribution is 2.48. The Kier molecular flexibility index (Phi) is 6.58. The van der Waals surface area contributed by atoms with Gasteiger partial charge < -0.3 is 5.32 Å². The summed E-state index contributed by atoms with van der Waals surface area (Å²) in [6.45, 7) is 0.866. The molecule has 1 saturated carbocycles. The van der Waals surface area contributed by atoms with Crippen molar-refractivity contribution in [3.8, 4) is 0 Å². The lowest BCUT2D eigenvalue weighted by molar-refractivity contribution is 0.0483. The number of nitrogens with zero attached hydrogens (tertiary/aromatic N) is 2. The van der Waals surface area contributed by atoms with E-state index in [2.05, 4.69) is 22.8 Å². The van der Waals surface area contributed by atoms with Gasteiger partial charge in [-0.15, -0.1) is 0 Å². The van der Waals surface area contributed by atoms with E-state index >= 15 is 0 Å². The maximum atomic E-state index is 12.9. The first-order valence-corrected chi connectivity index (χ1v) is 11.8.